The molecule has 0 heterocycles. The van der Waals surface area contributed by atoms with Crippen LogP contribution in [0.3, 0.4) is 0 Å². The van der Waals surface area contributed by atoms with E-state index >= 15 is 0 Å². The van der Waals surface area contributed by atoms with Gasteiger partial charge in [0.15, 0.2) is 0 Å². The van der Waals surface area contributed by atoms with E-state index in [1.54, 1.807) is 0 Å². The van der Waals surface area contributed by atoms with Crippen LogP contribution in [0, 0.1) is 0 Å². The van der Waals surface area contributed by atoms with Gasteiger partial charge in [-0.3, -0.25) is 4.79 Å². The third-order valence-corrected chi connectivity index (χ3v) is 2.27. The van der Waals surface area contributed by atoms with E-state index in [1.807, 2.05) is 20.8 Å². The summed E-state index contributed by atoms with van der Waals surface area (Å²) in [4.78, 5) is 11.4. The lowest BCUT2D eigenvalue weighted by Gasteiger charge is -2.37. The molecule has 0 aromatic carbocycles. The van der Waals surface area contributed by atoms with Gasteiger partial charge in [0.1, 0.15) is 5.60 Å². The van der Waals surface area contributed by atoms with Gasteiger partial charge in [-0.15, -0.1) is 0 Å². The highest BCUT2D eigenvalue weighted by Crippen LogP contribution is 2.32. The van der Waals surface area contributed by atoms with E-state index in [2.05, 4.69) is 0 Å². The van der Waals surface area contributed by atoms with Crippen molar-refractivity contribution >= 4 is 5.97 Å². The van der Waals surface area contributed by atoms with E-state index in [1.165, 1.54) is 0 Å². The molecule has 2 N–H and O–H groups in total. The third-order valence-electron chi connectivity index (χ3n) is 2.27. The van der Waals surface area contributed by atoms with Gasteiger partial charge in [-0.05, 0) is 40.0 Å². The number of esters is 1. The zero-order valence-corrected chi connectivity index (χ0v) is 8.72. The molecule has 1 fully saturated rings. The first kappa shape index (κ1) is 10.5. The minimum Gasteiger partial charge on any atom is -0.460 e. The van der Waals surface area contributed by atoms with Gasteiger partial charge in [-0.1, -0.05) is 0 Å². The Kier molecular flexibility index (Phi) is 2.66. The predicted octanol–water partition coefficient (Wildman–Crippen LogP) is 1.60. The molecule has 0 amide bonds. The summed E-state index contributed by atoms with van der Waals surface area (Å²) in [6.45, 7) is 5.61. The van der Waals surface area contributed by atoms with Crippen LogP contribution in [0.15, 0.2) is 0 Å². The number of hydrogen-bond acceptors (Lipinski definition) is 3. The van der Waals surface area contributed by atoms with Gasteiger partial charge in [0.2, 0.25) is 0 Å². The Morgan fingerprint density at radius 1 is 1.46 bits per heavy atom. The summed E-state index contributed by atoms with van der Waals surface area (Å²) in [5, 5.41) is 0. The molecule has 0 radical (unpaired) electrons. The van der Waals surface area contributed by atoms with Crippen molar-refractivity contribution in [3.8, 4) is 0 Å². The number of ether oxygens (including phenoxy) is 1. The smallest absolute Gasteiger partial charge is 0.308 e. The summed E-state index contributed by atoms with van der Waals surface area (Å²) < 4.78 is 5.19. The molecule has 13 heavy (non-hydrogen) atoms. The zero-order valence-electron chi connectivity index (χ0n) is 8.72. The Morgan fingerprint density at radius 3 is 2.31 bits per heavy atom. The topological polar surface area (TPSA) is 52.3 Å². The van der Waals surface area contributed by atoms with Gasteiger partial charge in [-0.2, -0.15) is 0 Å². The van der Waals surface area contributed by atoms with E-state index in [0.717, 1.165) is 19.3 Å². The van der Waals surface area contributed by atoms with Gasteiger partial charge in [0, 0.05) is 5.54 Å². The van der Waals surface area contributed by atoms with Crippen molar-refractivity contribution in [2.75, 3.05) is 0 Å². The number of carbonyl (C=O) groups excluding carboxylic acids is 1. The van der Waals surface area contributed by atoms with Crippen molar-refractivity contribution < 1.29 is 9.53 Å². The fourth-order valence-corrected chi connectivity index (χ4v) is 1.47. The lowest BCUT2D eigenvalue weighted by Crippen LogP contribution is -2.48. The highest BCUT2D eigenvalue weighted by atomic mass is 16.6. The van der Waals surface area contributed by atoms with E-state index < -0.39 is 5.60 Å². The molecule has 0 saturated heterocycles. The normalized spacial score (nSPS) is 20.6. The van der Waals surface area contributed by atoms with Crippen LogP contribution in [-0.4, -0.2) is 17.1 Å². The van der Waals surface area contributed by atoms with Crippen molar-refractivity contribution in [2.45, 2.75) is 57.6 Å². The van der Waals surface area contributed by atoms with Crippen LogP contribution in [0.4, 0.5) is 0 Å². The van der Waals surface area contributed by atoms with Gasteiger partial charge < -0.3 is 10.5 Å². The van der Waals surface area contributed by atoms with Gasteiger partial charge >= 0.3 is 5.97 Å². The van der Waals surface area contributed by atoms with Crippen molar-refractivity contribution in [1.82, 2.24) is 0 Å². The summed E-state index contributed by atoms with van der Waals surface area (Å²) in [6, 6.07) is 0. The molecule has 0 bridgehead atoms. The van der Waals surface area contributed by atoms with Crippen molar-refractivity contribution in [2.24, 2.45) is 5.73 Å². The number of hydrogen-bond donors (Lipinski definition) is 1. The summed E-state index contributed by atoms with van der Waals surface area (Å²) in [7, 11) is 0. The van der Waals surface area contributed by atoms with Crippen LogP contribution in [0.1, 0.15) is 46.5 Å². The second kappa shape index (κ2) is 3.29. The Hall–Kier alpha value is -0.570. The molecular formula is C10H19NO2. The Balaban J connectivity index is 2.33. The Bertz CT molecular complexity index is 201. The molecule has 1 aliphatic carbocycles. The molecule has 1 rings (SSSR count). The fourth-order valence-electron chi connectivity index (χ4n) is 1.47. The van der Waals surface area contributed by atoms with E-state index in [0.29, 0.717) is 6.42 Å². The molecule has 3 nitrogen and oxygen atoms in total. The number of rotatable bonds is 2. The minimum absolute atomic E-state index is 0.172. The van der Waals surface area contributed by atoms with E-state index in [-0.39, 0.29) is 11.5 Å². The second-order valence-electron chi connectivity index (χ2n) is 4.98. The maximum atomic E-state index is 11.4. The van der Waals surface area contributed by atoms with Crippen molar-refractivity contribution in [3.05, 3.63) is 0 Å². The Labute approximate surface area is 79.6 Å². The highest BCUT2D eigenvalue weighted by molar-refractivity contribution is 5.71. The minimum atomic E-state index is -0.392. The lowest BCUT2D eigenvalue weighted by atomic mass is 9.75. The van der Waals surface area contributed by atoms with Crippen molar-refractivity contribution in [1.29, 1.82) is 0 Å². The molecule has 0 atom stereocenters. The van der Waals surface area contributed by atoms with Gasteiger partial charge in [0.25, 0.3) is 0 Å². The highest BCUT2D eigenvalue weighted by Gasteiger charge is 2.36. The fraction of sp³-hybridized carbons (Fsp3) is 0.900. The molecule has 76 valence electrons. The SMILES string of the molecule is CC(C)(C)OC(=O)CC1(N)CCC1. The van der Waals surface area contributed by atoms with E-state index in [4.69, 9.17) is 10.5 Å². The second-order valence-corrected chi connectivity index (χ2v) is 4.98. The maximum absolute atomic E-state index is 11.4. The maximum Gasteiger partial charge on any atom is 0.308 e. The number of nitrogens with two attached hydrogens (primary N) is 1. The van der Waals surface area contributed by atoms with Crippen LogP contribution in [0.25, 0.3) is 0 Å². The molecule has 0 aromatic heterocycles. The molecule has 0 aliphatic heterocycles. The van der Waals surface area contributed by atoms with Gasteiger partial charge in [0.05, 0.1) is 6.42 Å². The van der Waals surface area contributed by atoms with Crippen LogP contribution < -0.4 is 5.73 Å². The molecule has 3 heteroatoms. The summed E-state index contributed by atoms with van der Waals surface area (Å²) in [5.74, 6) is -0.172. The Morgan fingerprint density at radius 2 is 2.00 bits per heavy atom. The van der Waals surface area contributed by atoms with E-state index in [9.17, 15) is 4.79 Å². The standard InChI is InChI=1S/C10H19NO2/c1-9(2,3)13-8(12)7-10(11)5-4-6-10/h4-7,11H2,1-3H3. The van der Waals surface area contributed by atoms with Crippen LogP contribution in [0.2, 0.25) is 0 Å². The summed E-state index contributed by atoms with van der Waals surface area (Å²) in [6.07, 6.45) is 3.40. The first-order chi connectivity index (χ1) is 5.81. The first-order valence-electron chi connectivity index (χ1n) is 4.82. The lowest BCUT2D eigenvalue weighted by molar-refractivity contribution is -0.157. The third kappa shape index (κ3) is 3.35. The monoisotopic (exact) mass is 185 g/mol. The quantitative estimate of drug-likeness (QED) is 0.665. The molecule has 0 aromatic rings. The van der Waals surface area contributed by atoms with Crippen LogP contribution in [0.5, 0.6) is 0 Å². The summed E-state index contributed by atoms with van der Waals surface area (Å²) >= 11 is 0. The molecule has 0 unspecified atom stereocenters. The number of carbonyl (C=O) groups is 1. The first-order valence-corrected chi connectivity index (χ1v) is 4.82. The predicted molar refractivity (Wildman–Crippen MR) is 51.2 cm³/mol. The summed E-state index contributed by atoms with van der Waals surface area (Å²) in [5.41, 5.74) is 5.27. The van der Waals surface area contributed by atoms with Crippen LogP contribution >= 0.6 is 0 Å². The molecule has 1 saturated carbocycles. The average molecular weight is 185 g/mol. The average Bonchev–Trinajstić information content (AvgIpc) is 1.79. The molecule has 1 aliphatic rings. The van der Waals surface area contributed by atoms with Crippen molar-refractivity contribution in [3.63, 3.8) is 0 Å². The largest absolute Gasteiger partial charge is 0.460 e. The van der Waals surface area contributed by atoms with Gasteiger partial charge in [-0.25, -0.2) is 0 Å². The molecule has 0 spiro atoms. The molecular weight excluding hydrogens is 166 g/mol. The van der Waals surface area contributed by atoms with Crippen LogP contribution in [-0.2, 0) is 9.53 Å². The zero-order chi connectivity index (χ0) is 10.1.